The number of carbonyl (C=O) groups is 1. The Morgan fingerprint density at radius 1 is 1.08 bits per heavy atom. The molecular formula is C20H22ClN3O. The van der Waals surface area contributed by atoms with E-state index < -0.39 is 0 Å². The summed E-state index contributed by atoms with van der Waals surface area (Å²) < 4.78 is 0. The first-order valence-corrected chi connectivity index (χ1v) is 8.62. The topological polar surface area (TPSA) is 44.7 Å². The van der Waals surface area contributed by atoms with Crippen molar-refractivity contribution in [2.45, 2.75) is 13.8 Å². The zero-order chi connectivity index (χ0) is 18.1. The molecule has 0 heterocycles. The van der Waals surface area contributed by atoms with Gasteiger partial charge in [-0.15, -0.1) is 0 Å². The lowest BCUT2D eigenvalue weighted by molar-refractivity contribution is 0.0955. The number of amides is 1. The number of nitrogens with one attached hydrogen (secondary N) is 1. The van der Waals surface area contributed by atoms with Crippen LogP contribution in [0.4, 0.5) is 5.69 Å². The Bertz CT molecular complexity index is 735. The number of hydrazone groups is 1. The van der Waals surface area contributed by atoms with Gasteiger partial charge in [-0.3, -0.25) is 4.79 Å². The third kappa shape index (κ3) is 5.76. The average molecular weight is 356 g/mol. The van der Waals surface area contributed by atoms with Gasteiger partial charge in [0.2, 0.25) is 0 Å². The quantitative estimate of drug-likeness (QED) is 0.586. The maximum absolute atomic E-state index is 12.1. The first-order valence-electron chi connectivity index (χ1n) is 8.24. The predicted octanol–water partition coefficient (Wildman–Crippen LogP) is 4.53. The largest absolute Gasteiger partial charge is 0.372 e. The fourth-order valence-electron chi connectivity index (χ4n) is 2.38. The minimum Gasteiger partial charge on any atom is -0.372 e. The molecule has 0 saturated carbocycles. The lowest BCUT2D eigenvalue weighted by Gasteiger charge is -2.20. The third-order valence-electron chi connectivity index (χ3n) is 3.72. The summed E-state index contributed by atoms with van der Waals surface area (Å²) in [7, 11) is 0. The molecule has 0 aliphatic rings. The number of allylic oxidation sites excluding steroid dienone is 1. The average Bonchev–Trinajstić information content (AvgIpc) is 2.64. The van der Waals surface area contributed by atoms with E-state index in [1.165, 1.54) is 6.21 Å². The van der Waals surface area contributed by atoms with Crippen molar-refractivity contribution < 1.29 is 4.79 Å². The van der Waals surface area contributed by atoms with Crippen LogP contribution in [0.3, 0.4) is 0 Å². The summed E-state index contributed by atoms with van der Waals surface area (Å²) in [6.07, 6.45) is 3.19. The molecule has 0 unspecified atom stereocenters. The van der Waals surface area contributed by atoms with Gasteiger partial charge < -0.3 is 4.90 Å². The van der Waals surface area contributed by atoms with Crippen molar-refractivity contribution in [3.63, 3.8) is 0 Å². The van der Waals surface area contributed by atoms with Crippen molar-refractivity contribution in [2.75, 3.05) is 18.0 Å². The standard InChI is InChI=1S/C20H22ClN3O/c1-3-24(4-2)19-12-10-17(11-13-19)20(25)23-22-15-18(21)14-16-8-6-5-7-9-16/h5-15H,3-4H2,1-2H3,(H,23,25)/b18-14-,22-15-. The Balaban J connectivity index is 1.94. The van der Waals surface area contributed by atoms with Gasteiger partial charge in [0.15, 0.2) is 0 Å². The smallest absolute Gasteiger partial charge is 0.271 e. The molecule has 130 valence electrons. The van der Waals surface area contributed by atoms with Crippen LogP contribution in [0, 0.1) is 0 Å². The molecule has 0 radical (unpaired) electrons. The summed E-state index contributed by atoms with van der Waals surface area (Å²) in [5.74, 6) is -0.272. The number of rotatable bonds is 7. The molecule has 1 amide bonds. The summed E-state index contributed by atoms with van der Waals surface area (Å²) in [6.45, 7) is 6.06. The maximum Gasteiger partial charge on any atom is 0.271 e. The molecule has 2 aromatic carbocycles. The normalized spacial score (nSPS) is 11.6. The molecule has 0 aromatic heterocycles. The molecular weight excluding hydrogens is 334 g/mol. The monoisotopic (exact) mass is 355 g/mol. The van der Waals surface area contributed by atoms with E-state index in [0.29, 0.717) is 10.6 Å². The van der Waals surface area contributed by atoms with Crippen LogP contribution in [-0.2, 0) is 0 Å². The maximum atomic E-state index is 12.1. The number of benzene rings is 2. The summed E-state index contributed by atoms with van der Waals surface area (Å²) in [6, 6.07) is 17.1. The van der Waals surface area contributed by atoms with Gasteiger partial charge in [-0.25, -0.2) is 5.43 Å². The van der Waals surface area contributed by atoms with Gasteiger partial charge in [0.05, 0.1) is 11.2 Å². The van der Waals surface area contributed by atoms with E-state index in [9.17, 15) is 4.79 Å². The molecule has 0 bridgehead atoms. The zero-order valence-electron chi connectivity index (χ0n) is 14.4. The molecule has 0 aliphatic heterocycles. The fraction of sp³-hybridized carbons (Fsp3) is 0.200. The van der Waals surface area contributed by atoms with E-state index in [0.717, 1.165) is 24.3 Å². The number of halogens is 1. The molecule has 2 rings (SSSR count). The van der Waals surface area contributed by atoms with Crippen LogP contribution in [0.5, 0.6) is 0 Å². The van der Waals surface area contributed by atoms with Crippen LogP contribution in [0.1, 0.15) is 29.8 Å². The zero-order valence-corrected chi connectivity index (χ0v) is 15.2. The van der Waals surface area contributed by atoms with Crippen LogP contribution in [0.2, 0.25) is 0 Å². The number of carbonyl (C=O) groups excluding carboxylic acids is 1. The van der Waals surface area contributed by atoms with E-state index in [4.69, 9.17) is 11.6 Å². The van der Waals surface area contributed by atoms with Gasteiger partial charge in [0, 0.05) is 24.3 Å². The highest BCUT2D eigenvalue weighted by Crippen LogP contribution is 2.15. The molecule has 1 N–H and O–H groups in total. The molecule has 0 atom stereocenters. The summed E-state index contributed by atoms with van der Waals surface area (Å²) in [5, 5.41) is 4.33. The van der Waals surface area contributed by atoms with Gasteiger partial charge in [0.1, 0.15) is 0 Å². The minimum atomic E-state index is -0.272. The van der Waals surface area contributed by atoms with Gasteiger partial charge in [-0.2, -0.15) is 5.10 Å². The van der Waals surface area contributed by atoms with Crippen molar-refractivity contribution in [1.82, 2.24) is 5.43 Å². The second-order valence-electron chi connectivity index (χ2n) is 5.36. The SMILES string of the molecule is CCN(CC)c1ccc(C(=O)N/N=C\C(Cl)=C\c2ccccc2)cc1. The Morgan fingerprint density at radius 3 is 2.32 bits per heavy atom. The predicted molar refractivity (Wildman–Crippen MR) is 106 cm³/mol. The Kier molecular flexibility index (Phi) is 7.23. The highest BCUT2D eigenvalue weighted by molar-refractivity contribution is 6.41. The number of anilines is 1. The lowest BCUT2D eigenvalue weighted by Crippen LogP contribution is -2.22. The summed E-state index contributed by atoms with van der Waals surface area (Å²) in [4.78, 5) is 14.3. The third-order valence-corrected chi connectivity index (χ3v) is 3.92. The molecule has 0 aliphatic carbocycles. The van der Waals surface area contributed by atoms with Crippen LogP contribution in [0.25, 0.3) is 6.08 Å². The van der Waals surface area contributed by atoms with Gasteiger partial charge in [-0.05, 0) is 49.8 Å². The van der Waals surface area contributed by atoms with Crippen LogP contribution < -0.4 is 10.3 Å². The minimum absolute atomic E-state index is 0.272. The molecule has 4 nitrogen and oxygen atoms in total. The van der Waals surface area contributed by atoms with Gasteiger partial charge in [-0.1, -0.05) is 41.9 Å². The Morgan fingerprint density at radius 2 is 1.72 bits per heavy atom. The highest BCUT2D eigenvalue weighted by Gasteiger charge is 2.06. The Labute approximate surface area is 153 Å². The van der Waals surface area contributed by atoms with Crippen molar-refractivity contribution in [3.05, 3.63) is 70.8 Å². The van der Waals surface area contributed by atoms with Crippen molar-refractivity contribution in [2.24, 2.45) is 5.10 Å². The van der Waals surface area contributed by atoms with Gasteiger partial charge >= 0.3 is 0 Å². The van der Waals surface area contributed by atoms with Crippen LogP contribution in [0.15, 0.2) is 64.7 Å². The number of hydrogen-bond acceptors (Lipinski definition) is 3. The van der Waals surface area contributed by atoms with E-state index in [2.05, 4.69) is 29.3 Å². The fourth-order valence-corrected chi connectivity index (χ4v) is 2.55. The molecule has 2 aromatic rings. The number of hydrogen-bond donors (Lipinski definition) is 1. The van der Waals surface area contributed by atoms with E-state index >= 15 is 0 Å². The first kappa shape index (κ1) is 18.7. The highest BCUT2D eigenvalue weighted by atomic mass is 35.5. The number of nitrogens with zero attached hydrogens (tertiary/aromatic N) is 2. The van der Waals surface area contributed by atoms with Crippen molar-refractivity contribution >= 4 is 35.5 Å². The molecule has 25 heavy (non-hydrogen) atoms. The van der Waals surface area contributed by atoms with Gasteiger partial charge in [0.25, 0.3) is 5.91 Å². The van der Waals surface area contributed by atoms with E-state index in [1.54, 1.807) is 18.2 Å². The molecule has 0 fully saturated rings. The summed E-state index contributed by atoms with van der Waals surface area (Å²) >= 11 is 6.09. The van der Waals surface area contributed by atoms with Crippen LogP contribution in [-0.4, -0.2) is 25.2 Å². The first-order chi connectivity index (χ1) is 12.1. The van der Waals surface area contributed by atoms with E-state index in [-0.39, 0.29) is 5.91 Å². The second kappa shape index (κ2) is 9.64. The summed E-state index contributed by atoms with van der Waals surface area (Å²) in [5.41, 5.74) is 5.10. The van der Waals surface area contributed by atoms with E-state index in [1.807, 2.05) is 42.5 Å². The van der Waals surface area contributed by atoms with Crippen molar-refractivity contribution in [3.8, 4) is 0 Å². The van der Waals surface area contributed by atoms with Crippen molar-refractivity contribution in [1.29, 1.82) is 0 Å². The molecule has 0 saturated heterocycles. The molecule has 5 heteroatoms. The molecule has 0 spiro atoms. The second-order valence-corrected chi connectivity index (χ2v) is 5.79. The van der Waals surface area contributed by atoms with Crippen LogP contribution >= 0.6 is 11.6 Å². The Hall–Kier alpha value is -2.59. The lowest BCUT2D eigenvalue weighted by atomic mass is 10.2.